The Kier molecular flexibility index (Phi) is 3.83. The van der Waals surface area contributed by atoms with Gasteiger partial charge in [-0.05, 0) is 50.6 Å². The smallest absolute Gasteiger partial charge is 0.281 e. The second kappa shape index (κ2) is 6.91. The molecule has 0 amide bonds. The van der Waals surface area contributed by atoms with Gasteiger partial charge in [0.2, 0.25) is 5.69 Å². The van der Waals surface area contributed by atoms with E-state index in [0.717, 1.165) is 50.6 Å². The highest BCUT2D eigenvalue weighted by molar-refractivity contribution is 5.85. The quantitative estimate of drug-likeness (QED) is 0.400. The summed E-state index contributed by atoms with van der Waals surface area (Å²) < 4.78 is 4.14. The summed E-state index contributed by atoms with van der Waals surface area (Å²) in [5.41, 5.74) is 9.32. The van der Waals surface area contributed by atoms with Crippen LogP contribution in [0.3, 0.4) is 0 Å². The molecule has 0 unspecified atom stereocenters. The van der Waals surface area contributed by atoms with E-state index in [0.29, 0.717) is 0 Å². The molecule has 7 rings (SSSR count). The van der Waals surface area contributed by atoms with Gasteiger partial charge in [-0.1, -0.05) is 28.8 Å². The molecular weight excluding hydrogens is 420 g/mol. The van der Waals surface area contributed by atoms with Crippen molar-refractivity contribution < 1.29 is 4.58 Å². The van der Waals surface area contributed by atoms with Crippen LogP contribution in [0.4, 0.5) is 17.1 Å². The summed E-state index contributed by atoms with van der Waals surface area (Å²) in [5.74, 6) is 0. The number of nitrogens with zero attached hydrogens (tertiary/aromatic N) is 5. The van der Waals surface area contributed by atoms with Gasteiger partial charge in [0.25, 0.3) is 11.4 Å². The fourth-order valence-electron chi connectivity index (χ4n) is 5.49. The zero-order valence-corrected chi connectivity index (χ0v) is 18.5. The SMILES string of the molecule is C[N+]1=C=[N+](c2cccc(C3(c4ccn[nH]4)c4cnccc4-c4ccncc43)c2)c2ccccc21. The number of aromatic nitrogens is 4. The number of hydrogen-bond acceptors (Lipinski definition) is 3. The molecule has 1 N–H and O–H groups in total. The van der Waals surface area contributed by atoms with Crippen LogP contribution in [0.25, 0.3) is 11.1 Å². The standard InChI is InChI=1S/C28H20N6/c1-33-18-34(26-8-3-2-7-25(26)33)20-6-4-5-19(15-20)28(27-11-14-31-32-27)23-16-29-12-9-21(23)22-10-13-30-17-24(22)28/h2-17H,1H3,(H,31,32)/q+2. The predicted octanol–water partition coefficient (Wildman–Crippen LogP) is 4.86. The van der Waals surface area contributed by atoms with Crippen molar-refractivity contribution in [3.8, 4) is 11.1 Å². The topological polar surface area (TPSA) is 60.5 Å². The number of fused-ring (bicyclic) bond motifs is 4. The maximum atomic E-state index is 4.53. The van der Waals surface area contributed by atoms with Crippen molar-refractivity contribution in [1.82, 2.24) is 24.7 Å². The van der Waals surface area contributed by atoms with Gasteiger partial charge in [-0.3, -0.25) is 15.1 Å². The van der Waals surface area contributed by atoms with E-state index in [4.69, 9.17) is 0 Å². The molecule has 0 fully saturated rings. The Balaban J connectivity index is 1.54. The molecule has 34 heavy (non-hydrogen) atoms. The Labute approximate surface area is 196 Å². The molecule has 0 spiro atoms. The molecule has 0 saturated carbocycles. The number of hydrogen-bond donors (Lipinski definition) is 1. The Morgan fingerprint density at radius 1 is 0.794 bits per heavy atom. The first-order chi connectivity index (χ1) is 16.8. The normalized spacial score (nSPS) is 14.7. The van der Waals surface area contributed by atoms with Crippen LogP contribution in [0, 0.1) is 0 Å². The van der Waals surface area contributed by atoms with E-state index in [2.05, 4.69) is 91.4 Å². The molecule has 3 aromatic heterocycles. The van der Waals surface area contributed by atoms with Crippen LogP contribution in [0.15, 0.2) is 97.7 Å². The van der Waals surface area contributed by atoms with E-state index in [-0.39, 0.29) is 0 Å². The minimum atomic E-state index is -0.606. The molecule has 5 aromatic rings. The lowest BCUT2D eigenvalue weighted by Crippen LogP contribution is -2.29. The summed E-state index contributed by atoms with van der Waals surface area (Å²) >= 11 is 0. The largest absolute Gasteiger partial charge is 0.496 e. The van der Waals surface area contributed by atoms with Gasteiger partial charge in [0.1, 0.15) is 0 Å². The number of para-hydroxylation sites is 2. The lowest BCUT2D eigenvalue weighted by molar-refractivity contribution is -0.394. The minimum absolute atomic E-state index is 0.606. The highest BCUT2D eigenvalue weighted by Crippen LogP contribution is 2.55. The average molecular weight is 441 g/mol. The van der Waals surface area contributed by atoms with Gasteiger partial charge in [-0.15, -0.1) is 0 Å². The van der Waals surface area contributed by atoms with Crippen LogP contribution < -0.4 is 4.58 Å². The molecule has 1 aliphatic heterocycles. The molecule has 0 radical (unpaired) electrons. The Hall–Kier alpha value is -4.67. The van der Waals surface area contributed by atoms with Crippen LogP contribution in [-0.4, -0.2) is 37.8 Å². The zero-order chi connectivity index (χ0) is 22.7. The third kappa shape index (κ3) is 2.37. The first kappa shape index (κ1) is 18.9. The first-order valence-corrected chi connectivity index (χ1v) is 11.2. The van der Waals surface area contributed by atoms with E-state index in [1.165, 1.54) is 0 Å². The summed E-state index contributed by atoms with van der Waals surface area (Å²) in [6, 6.07) is 26.7. The monoisotopic (exact) mass is 440 g/mol. The average Bonchev–Trinajstić information content (AvgIpc) is 3.61. The van der Waals surface area contributed by atoms with E-state index in [9.17, 15) is 0 Å². The second-order valence-electron chi connectivity index (χ2n) is 8.60. The predicted molar refractivity (Wildman–Crippen MR) is 130 cm³/mol. The summed E-state index contributed by atoms with van der Waals surface area (Å²) in [7, 11) is 2.02. The van der Waals surface area contributed by atoms with Gasteiger partial charge >= 0.3 is 6.01 Å². The highest BCUT2D eigenvalue weighted by atomic mass is 15.2. The third-order valence-electron chi connectivity index (χ3n) is 6.92. The summed E-state index contributed by atoms with van der Waals surface area (Å²) in [4.78, 5) is 9.05. The van der Waals surface area contributed by atoms with Gasteiger partial charge < -0.3 is 0 Å². The van der Waals surface area contributed by atoms with Gasteiger partial charge in [0.05, 0.1) is 11.1 Å². The lowest BCUT2D eigenvalue weighted by atomic mass is 9.71. The van der Waals surface area contributed by atoms with Gasteiger partial charge in [0.15, 0.2) is 7.05 Å². The molecule has 0 saturated heterocycles. The van der Waals surface area contributed by atoms with E-state index in [1.807, 2.05) is 42.5 Å². The van der Waals surface area contributed by atoms with Gasteiger partial charge in [0, 0.05) is 55.2 Å². The minimum Gasteiger partial charge on any atom is -0.281 e. The number of H-pyrrole nitrogens is 1. The molecule has 0 atom stereocenters. The molecule has 6 nitrogen and oxygen atoms in total. The van der Waals surface area contributed by atoms with Gasteiger partial charge in [-0.2, -0.15) is 5.10 Å². The van der Waals surface area contributed by atoms with Crippen molar-refractivity contribution in [1.29, 1.82) is 0 Å². The van der Waals surface area contributed by atoms with Crippen molar-refractivity contribution in [3.05, 3.63) is 120 Å². The summed E-state index contributed by atoms with van der Waals surface area (Å²) in [5, 5.41) is 7.60. The molecule has 2 aliphatic rings. The summed E-state index contributed by atoms with van der Waals surface area (Å²) in [6.07, 6.45) is 9.45. The third-order valence-corrected chi connectivity index (χ3v) is 6.92. The number of nitrogens with one attached hydrogen (secondary N) is 1. The van der Waals surface area contributed by atoms with Crippen LogP contribution >= 0.6 is 0 Å². The Morgan fingerprint density at radius 2 is 1.53 bits per heavy atom. The molecule has 2 aromatic carbocycles. The first-order valence-electron chi connectivity index (χ1n) is 11.2. The Bertz CT molecular complexity index is 1610. The van der Waals surface area contributed by atoms with Gasteiger partial charge in [-0.25, -0.2) is 0 Å². The number of rotatable bonds is 3. The lowest BCUT2D eigenvalue weighted by Gasteiger charge is -2.31. The number of pyridine rings is 2. The van der Waals surface area contributed by atoms with E-state index in [1.54, 1.807) is 6.20 Å². The van der Waals surface area contributed by atoms with Crippen molar-refractivity contribution >= 4 is 23.1 Å². The van der Waals surface area contributed by atoms with Crippen molar-refractivity contribution in [2.45, 2.75) is 5.41 Å². The summed E-state index contributed by atoms with van der Waals surface area (Å²) in [6.45, 7) is 0. The van der Waals surface area contributed by atoms with Crippen molar-refractivity contribution in [2.75, 3.05) is 7.05 Å². The molecule has 1 aliphatic carbocycles. The second-order valence-corrected chi connectivity index (χ2v) is 8.60. The molecular formula is C28H20N6+2. The zero-order valence-electron chi connectivity index (χ0n) is 18.5. The molecule has 4 heterocycles. The molecule has 160 valence electrons. The van der Waals surface area contributed by atoms with Crippen LogP contribution in [0.5, 0.6) is 0 Å². The van der Waals surface area contributed by atoms with E-state index >= 15 is 0 Å². The van der Waals surface area contributed by atoms with Crippen LogP contribution in [-0.2, 0) is 5.41 Å². The molecule has 6 heteroatoms. The van der Waals surface area contributed by atoms with Crippen LogP contribution in [0.2, 0.25) is 0 Å². The number of benzene rings is 2. The maximum Gasteiger partial charge on any atom is 0.496 e. The Morgan fingerprint density at radius 3 is 2.24 bits per heavy atom. The van der Waals surface area contributed by atoms with Crippen LogP contribution in [0.1, 0.15) is 22.4 Å². The highest BCUT2D eigenvalue weighted by Gasteiger charge is 2.48. The van der Waals surface area contributed by atoms with E-state index < -0.39 is 5.41 Å². The van der Waals surface area contributed by atoms with Crippen molar-refractivity contribution in [2.24, 2.45) is 0 Å². The number of aromatic amines is 1. The fraction of sp³-hybridized carbons (Fsp3) is 0.0714. The maximum absolute atomic E-state index is 4.53. The fourth-order valence-corrected chi connectivity index (χ4v) is 5.49. The molecule has 0 bridgehead atoms. The van der Waals surface area contributed by atoms with Crippen molar-refractivity contribution in [3.63, 3.8) is 0 Å².